The van der Waals surface area contributed by atoms with Crippen LogP contribution >= 0.6 is 0 Å². The zero-order valence-electron chi connectivity index (χ0n) is 8.23. The minimum Gasteiger partial charge on any atom is -0.480 e. The molecule has 0 aliphatic heterocycles. The van der Waals surface area contributed by atoms with Crippen LogP contribution in [0, 0.1) is 0 Å². The van der Waals surface area contributed by atoms with Gasteiger partial charge in [-0.05, 0) is 31.2 Å². The second kappa shape index (κ2) is 3.65. The van der Waals surface area contributed by atoms with Crippen molar-refractivity contribution in [2.24, 2.45) is 0 Å². The summed E-state index contributed by atoms with van der Waals surface area (Å²) in [6.07, 6.45) is 1.61. The minimum atomic E-state index is -0.873. The van der Waals surface area contributed by atoms with Crippen LogP contribution in [0.4, 0.5) is 5.69 Å². The molecule has 0 bridgehead atoms. The maximum absolute atomic E-state index is 10.6. The molecule has 1 aromatic heterocycles. The normalized spacial score (nSPS) is 12.6. The number of rotatable bonds is 3. The first-order valence-electron chi connectivity index (χ1n) is 4.63. The Morgan fingerprint density at radius 3 is 3.00 bits per heavy atom. The Morgan fingerprint density at radius 1 is 1.47 bits per heavy atom. The van der Waals surface area contributed by atoms with Crippen LogP contribution in [0.5, 0.6) is 0 Å². The van der Waals surface area contributed by atoms with Gasteiger partial charge in [-0.1, -0.05) is 0 Å². The Kier molecular flexibility index (Phi) is 2.33. The van der Waals surface area contributed by atoms with Crippen LogP contribution < -0.4 is 5.32 Å². The predicted molar refractivity (Wildman–Crippen MR) is 56.9 cm³/mol. The van der Waals surface area contributed by atoms with Crippen LogP contribution in [0.1, 0.15) is 6.92 Å². The molecule has 0 spiro atoms. The Hall–Kier alpha value is -1.97. The molecular formula is C11H11NO3. The van der Waals surface area contributed by atoms with Gasteiger partial charge in [0.15, 0.2) is 0 Å². The molecule has 0 saturated carbocycles. The lowest BCUT2D eigenvalue weighted by Crippen LogP contribution is -2.25. The van der Waals surface area contributed by atoms with Gasteiger partial charge in [0.05, 0.1) is 6.26 Å². The molecule has 0 unspecified atom stereocenters. The molecule has 1 atom stereocenters. The quantitative estimate of drug-likeness (QED) is 0.807. The highest BCUT2D eigenvalue weighted by atomic mass is 16.4. The van der Waals surface area contributed by atoms with Crippen molar-refractivity contribution in [3.8, 4) is 0 Å². The van der Waals surface area contributed by atoms with Gasteiger partial charge in [-0.3, -0.25) is 4.79 Å². The van der Waals surface area contributed by atoms with Gasteiger partial charge < -0.3 is 14.8 Å². The number of carboxylic acid groups (broad SMARTS) is 1. The lowest BCUT2D eigenvalue weighted by molar-refractivity contribution is -0.137. The molecule has 0 amide bonds. The molecule has 15 heavy (non-hydrogen) atoms. The average Bonchev–Trinajstić information content (AvgIpc) is 2.64. The summed E-state index contributed by atoms with van der Waals surface area (Å²) >= 11 is 0. The third-order valence-corrected chi connectivity index (χ3v) is 2.21. The fourth-order valence-electron chi connectivity index (χ4n) is 1.37. The van der Waals surface area contributed by atoms with Gasteiger partial charge in [-0.15, -0.1) is 0 Å². The number of carbonyl (C=O) groups is 1. The van der Waals surface area contributed by atoms with Gasteiger partial charge in [-0.25, -0.2) is 0 Å². The summed E-state index contributed by atoms with van der Waals surface area (Å²) in [5.41, 5.74) is 1.57. The van der Waals surface area contributed by atoms with Crippen LogP contribution in [0.3, 0.4) is 0 Å². The highest BCUT2D eigenvalue weighted by Gasteiger charge is 2.10. The van der Waals surface area contributed by atoms with E-state index in [0.717, 1.165) is 16.7 Å². The summed E-state index contributed by atoms with van der Waals surface area (Å²) < 4.78 is 5.18. The highest BCUT2D eigenvalue weighted by Crippen LogP contribution is 2.20. The number of fused-ring (bicyclic) bond motifs is 1. The minimum absolute atomic E-state index is 0.602. The SMILES string of the molecule is C[C@H](Nc1ccc2occc2c1)C(=O)O. The monoisotopic (exact) mass is 205 g/mol. The van der Waals surface area contributed by atoms with Crippen molar-refractivity contribution < 1.29 is 14.3 Å². The highest BCUT2D eigenvalue weighted by molar-refractivity contribution is 5.83. The second-order valence-corrected chi connectivity index (χ2v) is 3.38. The molecule has 4 heteroatoms. The smallest absolute Gasteiger partial charge is 0.325 e. The Bertz CT molecular complexity index is 489. The van der Waals surface area contributed by atoms with E-state index < -0.39 is 12.0 Å². The third kappa shape index (κ3) is 1.93. The van der Waals surface area contributed by atoms with Crippen molar-refractivity contribution in [1.29, 1.82) is 0 Å². The van der Waals surface area contributed by atoms with Crippen LogP contribution in [0.15, 0.2) is 34.9 Å². The standard InChI is InChI=1S/C11H11NO3/c1-7(11(13)14)12-9-2-3-10-8(6-9)4-5-15-10/h2-7,12H,1H3,(H,13,14)/t7-/m0/s1. The van der Waals surface area contributed by atoms with Crippen LogP contribution in [0.25, 0.3) is 11.0 Å². The van der Waals surface area contributed by atoms with Crippen molar-refractivity contribution in [2.75, 3.05) is 5.32 Å². The first-order chi connectivity index (χ1) is 7.16. The van der Waals surface area contributed by atoms with Crippen LogP contribution in [-0.2, 0) is 4.79 Å². The first-order valence-corrected chi connectivity index (χ1v) is 4.63. The molecule has 0 radical (unpaired) electrons. The number of furan rings is 1. The lowest BCUT2D eigenvalue weighted by atomic mass is 10.2. The molecular weight excluding hydrogens is 194 g/mol. The van der Waals surface area contributed by atoms with E-state index >= 15 is 0 Å². The molecule has 0 aliphatic carbocycles. The number of carboxylic acids is 1. The van der Waals surface area contributed by atoms with Crippen LogP contribution in [-0.4, -0.2) is 17.1 Å². The molecule has 1 heterocycles. The number of benzene rings is 1. The summed E-state index contributed by atoms with van der Waals surface area (Å²) in [5.74, 6) is -0.873. The van der Waals surface area contributed by atoms with Crippen molar-refractivity contribution in [2.45, 2.75) is 13.0 Å². The van der Waals surface area contributed by atoms with Crippen molar-refractivity contribution in [3.63, 3.8) is 0 Å². The summed E-state index contributed by atoms with van der Waals surface area (Å²) in [4.78, 5) is 10.6. The molecule has 78 valence electrons. The number of hydrogen-bond acceptors (Lipinski definition) is 3. The zero-order valence-corrected chi connectivity index (χ0v) is 8.23. The topological polar surface area (TPSA) is 62.5 Å². The maximum Gasteiger partial charge on any atom is 0.325 e. The van der Waals surface area contributed by atoms with Gasteiger partial charge in [0, 0.05) is 11.1 Å². The van der Waals surface area contributed by atoms with E-state index in [-0.39, 0.29) is 0 Å². The van der Waals surface area contributed by atoms with E-state index in [0.29, 0.717) is 0 Å². The van der Waals surface area contributed by atoms with Gasteiger partial charge in [0.25, 0.3) is 0 Å². The summed E-state index contributed by atoms with van der Waals surface area (Å²) in [7, 11) is 0. The largest absolute Gasteiger partial charge is 0.480 e. The van der Waals surface area contributed by atoms with Gasteiger partial charge >= 0.3 is 5.97 Å². The zero-order chi connectivity index (χ0) is 10.8. The van der Waals surface area contributed by atoms with E-state index in [1.54, 1.807) is 19.3 Å². The Labute approximate surface area is 86.5 Å². The molecule has 0 aliphatic rings. The summed E-state index contributed by atoms with van der Waals surface area (Å²) in [6.45, 7) is 1.60. The molecule has 0 fully saturated rings. The maximum atomic E-state index is 10.6. The molecule has 0 saturated heterocycles. The second-order valence-electron chi connectivity index (χ2n) is 3.38. The van der Waals surface area contributed by atoms with E-state index in [9.17, 15) is 4.79 Å². The van der Waals surface area contributed by atoms with Crippen molar-refractivity contribution in [1.82, 2.24) is 0 Å². The van der Waals surface area contributed by atoms with Gasteiger partial charge in [0.1, 0.15) is 11.6 Å². The Morgan fingerprint density at radius 2 is 2.27 bits per heavy atom. The van der Waals surface area contributed by atoms with Crippen LogP contribution in [0.2, 0.25) is 0 Å². The van der Waals surface area contributed by atoms with E-state index in [1.807, 2.05) is 18.2 Å². The van der Waals surface area contributed by atoms with Crippen molar-refractivity contribution >= 4 is 22.6 Å². The molecule has 1 aromatic carbocycles. The van der Waals surface area contributed by atoms with Gasteiger partial charge in [0.2, 0.25) is 0 Å². The summed E-state index contributed by atoms with van der Waals surface area (Å²) in [6, 6.07) is 6.70. The molecule has 4 nitrogen and oxygen atoms in total. The average molecular weight is 205 g/mol. The number of aliphatic carboxylic acids is 1. The van der Waals surface area contributed by atoms with E-state index in [1.165, 1.54) is 0 Å². The van der Waals surface area contributed by atoms with E-state index in [4.69, 9.17) is 9.52 Å². The lowest BCUT2D eigenvalue weighted by Gasteiger charge is -2.10. The third-order valence-electron chi connectivity index (χ3n) is 2.21. The van der Waals surface area contributed by atoms with Gasteiger partial charge in [-0.2, -0.15) is 0 Å². The number of hydrogen-bond donors (Lipinski definition) is 2. The first kappa shape index (κ1) is 9.58. The summed E-state index contributed by atoms with van der Waals surface area (Å²) in [5, 5.41) is 12.6. The molecule has 2 rings (SSSR count). The fourth-order valence-corrected chi connectivity index (χ4v) is 1.37. The Balaban J connectivity index is 2.24. The predicted octanol–water partition coefficient (Wildman–Crippen LogP) is 2.32. The number of nitrogens with one attached hydrogen (secondary N) is 1. The molecule has 2 aromatic rings. The molecule has 2 N–H and O–H groups in total. The van der Waals surface area contributed by atoms with Crippen molar-refractivity contribution in [3.05, 3.63) is 30.5 Å². The number of anilines is 1. The fraction of sp³-hybridized carbons (Fsp3) is 0.182. The van der Waals surface area contributed by atoms with E-state index in [2.05, 4.69) is 5.32 Å².